The number of aromatic nitrogens is 1. The number of furan rings is 1. The van der Waals surface area contributed by atoms with Crippen LogP contribution < -0.4 is 0 Å². The Balaban J connectivity index is 1.84. The van der Waals surface area contributed by atoms with Gasteiger partial charge in [0.05, 0.1) is 29.5 Å². The van der Waals surface area contributed by atoms with Crippen LogP contribution in [0.2, 0.25) is 0 Å². The number of benzene rings is 1. The van der Waals surface area contributed by atoms with Gasteiger partial charge >= 0.3 is 12.1 Å². The third-order valence-corrected chi connectivity index (χ3v) is 3.99. The minimum Gasteiger partial charge on any atom is -0.465 e. The number of halogens is 3. The van der Waals surface area contributed by atoms with Gasteiger partial charge in [-0.1, -0.05) is 12.1 Å². The van der Waals surface area contributed by atoms with Crippen molar-refractivity contribution >= 4 is 17.6 Å². The van der Waals surface area contributed by atoms with Crippen molar-refractivity contribution in [2.24, 2.45) is 0 Å². The van der Waals surface area contributed by atoms with Crippen LogP contribution in [0.1, 0.15) is 27.4 Å². The molecule has 0 N–H and O–H groups in total. The predicted octanol–water partition coefficient (Wildman–Crippen LogP) is 5.21. The lowest BCUT2D eigenvalue weighted by atomic mass is 10.1. The number of nitrogens with zero attached hydrogens (tertiary/aromatic N) is 2. The Kier molecular flexibility index (Phi) is 5.50. The monoisotopic (exact) mass is 398 g/mol. The standard InChI is InChI=1S/C21H13F3N2O3/c1-28-20(27)14-4-2-13(3-5-14)19-9-7-17(29-19)10-15(11-25)18-8-6-16(12-26-18)21(22,23)24/h2-10,12H,1H3/b15-10-. The summed E-state index contributed by atoms with van der Waals surface area (Å²) in [7, 11) is 1.29. The number of methoxy groups -OCH3 is 1. The Bertz CT molecular complexity index is 1090. The zero-order chi connectivity index (χ0) is 21.0. The van der Waals surface area contributed by atoms with E-state index in [0.29, 0.717) is 28.8 Å². The summed E-state index contributed by atoms with van der Waals surface area (Å²) < 4.78 is 48.2. The molecule has 2 heterocycles. The van der Waals surface area contributed by atoms with Crippen molar-refractivity contribution in [3.63, 3.8) is 0 Å². The molecule has 0 aliphatic heterocycles. The first-order chi connectivity index (χ1) is 13.8. The largest absolute Gasteiger partial charge is 0.465 e. The zero-order valence-corrected chi connectivity index (χ0v) is 15.0. The first kappa shape index (κ1) is 19.9. The Hall–Kier alpha value is -3.86. The van der Waals surface area contributed by atoms with Crippen LogP contribution in [0.25, 0.3) is 23.0 Å². The number of hydrogen-bond acceptors (Lipinski definition) is 5. The lowest BCUT2D eigenvalue weighted by Crippen LogP contribution is -2.05. The number of hydrogen-bond donors (Lipinski definition) is 0. The highest BCUT2D eigenvalue weighted by Gasteiger charge is 2.30. The average molecular weight is 398 g/mol. The molecular formula is C21H13F3N2O3. The molecule has 0 saturated heterocycles. The van der Waals surface area contributed by atoms with Gasteiger partial charge in [0.1, 0.15) is 17.6 Å². The van der Waals surface area contributed by atoms with Gasteiger partial charge in [-0.15, -0.1) is 0 Å². The predicted molar refractivity (Wildman–Crippen MR) is 98.2 cm³/mol. The van der Waals surface area contributed by atoms with E-state index in [2.05, 4.69) is 9.72 Å². The number of rotatable bonds is 4. The smallest absolute Gasteiger partial charge is 0.417 e. The fourth-order valence-corrected chi connectivity index (χ4v) is 2.50. The van der Waals surface area contributed by atoms with E-state index in [1.165, 1.54) is 13.2 Å². The molecule has 2 aromatic heterocycles. The second-order valence-electron chi connectivity index (χ2n) is 5.87. The second kappa shape index (κ2) is 8.02. The van der Waals surface area contributed by atoms with Crippen LogP contribution in [0.4, 0.5) is 13.2 Å². The topological polar surface area (TPSA) is 76.1 Å². The SMILES string of the molecule is COC(=O)c1ccc(-c2ccc(/C=C(/C#N)c3ccc(C(F)(F)F)cn3)o2)cc1. The lowest BCUT2D eigenvalue weighted by molar-refractivity contribution is -0.137. The first-order valence-corrected chi connectivity index (χ1v) is 8.26. The van der Waals surface area contributed by atoms with Gasteiger partial charge < -0.3 is 9.15 Å². The Morgan fingerprint density at radius 2 is 1.86 bits per heavy atom. The van der Waals surface area contributed by atoms with Crippen LogP contribution >= 0.6 is 0 Å². The summed E-state index contributed by atoms with van der Waals surface area (Å²) in [6.45, 7) is 0. The van der Waals surface area contributed by atoms with Gasteiger partial charge in [0, 0.05) is 17.8 Å². The number of pyridine rings is 1. The Morgan fingerprint density at radius 1 is 1.14 bits per heavy atom. The number of nitriles is 1. The van der Waals surface area contributed by atoms with E-state index in [1.54, 1.807) is 36.4 Å². The quantitative estimate of drug-likeness (QED) is 0.445. The van der Waals surface area contributed by atoms with E-state index in [4.69, 9.17) is 4.42 Å². The molecule has 0 aliphatic rings. The number of carbonyl (C=O) groups excluding carboxylic acids is 1. The molecule has 0 spiro atoms. The molecule has 1 aromatic carbocycles. The third-order valence-electron chi connectivity index (χ3n) is 3.99. The van der Waals surface area contributed by atoms with Crippen molar-refractivity contribution in [2.45, 2.75) is 6.18 Å². The summed E-state index contributed by atoms with van der Waals surface area (Å²) >= 11 is 0. The average Bonchev–Trinajstić information content (AvgIpc) is 3.19. The maximum atomic E-state index is 12.6. The number of esters is 1. The summed E-state index contributed by atoms with van der Waals surface area (Å²) in [5.74, 6) is 0.364. The molecule has 0 bridgehead atoms. The molecule has 5 nitrogen and oxygen atoms in total. The van der Waals surface area contributed by atoms with E-state index < -0.39 is 17.7 Å². The summed E-state index contributed by atoms with van der Waals surface area (Å²) in [5, 5.41) is 9.33. The van der Waals surface area contributed by atoms with Gasteiger partial charge in [-0.25, -0.2) is 4.79 Å². The lowest BCUT2D eigenvalue weighted by Gasteiger charge is -2.06. The molecular weight excluding hydrogens is 385 g/mol. The fraction of sp³-hybridized carbons (Fsp3) is 0.0952. The fourth-order valence-electron chi connectivity index (χ4n) is 2.50. The van der Waals surface area contributed by atoms with E-state index in [1.807, 2.05) is 6.07 Å². The molecule has 0 radical (unpaired) electrons. The van der Waals surface area contributed by atoms with Crippen molar-refractivity contribution in [1.82, 2.24) is 4.98 Å². The number of allylic oxidation sites excluding steroid dienone is 1. The Labute approximate surface area is 163 Å². The molecule has 3 rings (SSSR count). The van der Waals surface area contributed by atoms with Crippen molar-refractivity contribution in [3.8, 4) is 17.4 Å². The highest BCUT2D eigenvalue weighted by molar-refractivity contribution is 5.90. The molecule has 0 atom stereocenters. The molecule has 0 amide bonds. The molecule has 146 valence electrons. The van der Waals surface area contributed by atoms with Crippen LogP contribution in [0, 0.1) is 11.3 Å². The van der Waals surface area contributed by atoms with Gasteiger partial charge in [0.15, 0.2) is 0 Å². The minimum atomic E-state index is -4.50. The summed E-state index contributed by atoms with van der Waals surface area (Å²) in [6.07, 6.45) is -2.43. The minimum absolute atomic E-state index is 0.0562. The highest BCUT2D eigenvalue weighted by atomic mass is 19.4. The molecule has 8 heteroatoms. The summed E-state index contributed by atoms with van der Waals surface area (Å²) in [4.78, 5) is 15.2. The van der Waals surface area contributed by atoms with Crippen LogP contribution in [0.3, 0.4) is 0 Å². The van der Waals surface area contributed by atoms with E-state index >= 15 is 0 Å². The van der Waals surface area contributed by atoms with E-state index in [-0.39, 0.29) is 11.3 Å². The number of carbonyl (C=O) groups is 1. The van der Waals surface area contributed by atoms with E-state index in [0.717, 1.165) is 12.1 Å². The van der Waals surface area contributed by atoms with Crippen molar-refractivity contribution in [2.75, 3.05) is 7.11 Å². The van der Waals surface area contributed by atoms with Gasteiger partial charge in [-0.3, -0.25) is 4.98 Å². The molecule has 0 unspecified atom stereocenters. The molecule has 29 heavy (non-hydrogen) atoms. The molecule has 3 aromatic rings. The molecule has 0 saturated carbocycles. The maximum absolute atomic E-state index is 12.6. The Morgan fingerprint density at radius 3 is 2.41 bits per heavy atom. The molecule has 0 aliphatic carbocycles. The first-order valence-electron chi connectivity index (χ1n) is 8.26. The summed E-state index contributed by atoms with van der Waals surface area (Å²) in [5.41, 5.74) is 0.349. The summed E-state index contributed by atoms with van der Waals surface area (Å²) in [6, 6.07) is 13.7. The van der Waals surface area contributed by atoms with Gasteiger partial charge in [0.25, 0.3) is 0 Å². The maximum Gasteiger partial charge on any atom is 0.417 e. The zero-order valence-electron chi connectivity index (χ0n) is 15.0. The van der Waals surface area contributed by atoms with Crippen LogP contribution in [-0.4, -0.2) is 18.1 Å². The van der Waals surface area contributed by atoms with Gasteiger partial charge in [-0.05, 0) is 36.4 Å². The third kappa shape index (κ3) is 4.52. The van der Waals surface area contributed by atoms with Crippen molar-refractivity contribution in [3.05, 3.63) is 77.3 Å². The number of alkyl halides is 3. The molecule has 0 fully saturated rings. The highest BCUT2D eigenvalue weighted by Crippen LogP contribution is 2.30. The number of ether oxygens (including phenoxy) is 1. The normalized spacial score (nSPS) is 11.8. The van der Waals surface area contributed by atoms with E-state index in [9.17, 15) is 23.2 Å². The van der Waals surface area contributed by atoms with Crippen molar-refractivity contribution < 1.29 is 27.1 Å². The van der Waals surface area contributed by atoms with Crippen LogP contribution in [0.5, 0.6) is 0 Å². The second-order valence-corrected chi connectivity index (χ2v) is 5.87. The van der Waals surface area contributed by atoms with Gasteiger partial charge in [-0.2, -0.15) is 18.4 Å². The van der Waals surface area contributed by atoms with Crippen LogP contribution in [-0.2, 0) is 10.9 Å². The van der Waals surface area contributed by atoms with Crippen molar-refractivity contribution in [1.29, 1.82) is 5.26 Å². The van der Waals surface area contributed by atoms with Crippen LogP contribution in [0.15, 0.2) is 59.1 Å². The van der Waals surface area contributed by atoms with Gasteiger partial charge in [0.2, 0.25) is 0 Å².